The van der Waals surface area contributed by atoms with Crippen molar-refractivity contribution in [2.75, 3.05) is 6.61 Å². The third kappa shape index (κ3) is 4.75. The molecule has 0 heterocycles. The van der Waals surface area contributed by atoms with E-state index in [1.54, 1.807) is 6.92 Å². The number of rotatable bonds is 4. The fourth-order valence-electron chi connectivity index (χ4n) is 1.37. The van der Waals surface area contributed by atoms with Crippen LogP contribution in [0.4, 0.5) is 13.2 Å². The van der Waals surface area contributed by atoms with Gasteiger partial charge in [0, 0.05) is 6.08 Å². The van der Waals surface area contributed by atoms with Crippen LogP contribution in [0.25, 0.3) is 0 Å². The van der Waals surface area contributed by atoms with Crippen LogP contribution < -0.4 is 0 Å². The van der Waals surface area contributed by atoms with E-state index in [4.69, 9.17) is 0 Å². The molecule has 0 fully saturated rings. The fraction of sp³-hybridized carbons (Fsp3) is 0.308. The number of hydrogen-bond acceptors (Lipinski definition) is 3. The summed E-state index contributed by atoms with van der Waals surface area (Å²) in [5.74, 6) is -0.659. The maximum atomic E-state index is 12.5. The first-order valence-corrected chi connectivity index (χ1v) is 5.54. The molecule has 19 heavy (non-hydrogen) atoms. The van der Waals surface area contributed by atoms with Gasteiger partial charge in [-0.05, 0) is 30.7 Å². The molecule has 104 valence electrons. The lowest BCUT2D eigenvalue weighted by Crippen LogP contribution is -2.06. The minimum Gasteiger partial charge on any atom is -0.463 e. The summed E-state index contributed by atoms with van der Waals surface area (Å²) >= 11 is 0. The SMILES string of the molecule is CCOC(=O)/C=C/C(O)c1cccc(C(F)(F)F)c1. The molecule has 0 aromatic heterocycles. The van der Waals surface area contributed by atoms with Gasteiger partial charge in [-0.1, -0.05) is 12.1 Å². The molecule has 1 rings (SSSR count). The first kappa shape index (κ1) is 15.2. The molecule has 1 N–H and O–H groups in total. The first-order valence-electron chi connectivity index (χ1n) is 5.54. The van der Waals surface area contributed by atoms with Crippen molar-refractivity contribution >= 4 is 5.97 Å². The van der Waals surface area contributed by atoms with Crippen LogP contribution in [0.3, 0.4) is 0 Å². The van der Waals surface area contributed by atoms with Crippen LogP contribution in [0.1, 0.15) is 24.2 Å². The normalized spacial score (nSPS) is 13.5. The minimum absolute atomic E-state index is 0.0513. The van der Waals surface area contributed by atoms with Gasteiger partial charge < -0.3 is 9.84 Å². The summed E-state index contributed by atoms with van der Waals surface area (Å²) in [7, 11) is 0. The molecule has 0 aliphatic rings. The number of esters is 1. The van der Waals surface area contributed by atoms with Crippen molar-refractivity contribution in [1.82, 2.24) is 0 Å². The molecule has 0 amide bonds. The van der Waals surface area contributed by atoms with Gasteiger partial charge in [-0.15, -0.1) is 0 Å². The van der Waals surface area contributed by atoms with Crippen molar-refractivity contribution in [2.45, 2.75) is 19.2 Å². The smallest absolute Gasteiger partial charge is 0.416 e. The molecule has 0 aliphatic carbocycles. The van der Waals surface area contributed by atoms with E-state index in [-0.39, 0.29) is 12.2 Å². The van der Waals surface area contributed by atoms with Crippen LogP contribution >= 0.6 is 0 Å². The van der Waals surface area contributed by atoms with Crippen LogP contribution in [0.2, 0.25) is 0 Å². The van der Waals surface area contributed by atoms with Crippen molar-refractivity contribution in [3.8, 4) is 0 Å². The van der Waals surface area contributed by atoms with E-state index in [9.17, 15) is 23.1 Å². The summed E-state index contributed by atoms with van der Waals surface area (Å²) < 4.78 is 42.0. The lowest BCUT2D eigenvalue weighted by molar-refractivity contribution is -0.138. The summed E-state index contributed by atoms with van der Waals surface area (Å²) in [5.41, 5.74) is -0.802. The predicted octanol–water partition coefficient (Wildman–Crippen LogP) is 2.86. The molecule has 0 aliphatic heterocycles. The van der Waals surface area contributed by atoms with Gasteiger partial charge in [0.2, 0.25) is 0 Å². The standard InChI is InChI=1S/C13H13F3O3/c1-2-19-12(18)7-6-11(17)9-4-3-5-10(8-9)13(14,15)16/h3-8,11,17H,2H2,1H3/b7-6+. The van der Waals surface area contributed by atoms with Gasteiger partial charge >= 0.3 is 12.1 Å². The zero-order valence-corrected chi connectivity index (χ0v) is 10.1. The maximum absolute atomic E-state index is 12.5. The Labute approximate surface area is 108 Å². The molecule has 0 saturated carbocycles. The lowest BCUT2D eigenvalue weighted by atomic mass is 10.1. The summed E-state index contributed by atoms with van der Waals surface area (Å²) in [5, 5.41) is 9.67. The van der Waals surface area contributed by atoms with Crippen molar-refractivity contribution in [2.24, 2.45) is 0 Å². The Balaban J connectivity index is 2.83. The highest BCUT2D eigenvalue weighted by Gasteiger charge is 2.30. The van der Waals surface area contributed by atoms with Crippen LogP contribution in [0, 0.1) is 0 Å². The van der Waals surface area contributed by atoms with Gasteiger partial charge in [0.15, 0.2) is 0 Å². The van der Waals surface area contributed by atoms with Gasteiger partial charge in [-0.3, -0.25) is 0 Å². The Morgan fingerprint density at radius 3 is 2.74 bits per heavy atom. The maximum Gasteiger partial charge on any atom is 0.416 e. The van der Waals surface area contributed by atoms with Crippen molar-refractivity contribution in [3.63, 3.8) is 0 Å². The average molecular weight is 274 g/mol. The molecule has 0 radical (unpaired) electrons. The fourth-order valence-corrected chi connectivity index (χ4v) is 1.37. The molecule has 6 heteroatoms. The summed E-state index contributed by atoms with van der Waals surface area (Å²) in [4.78, 5) is 11.0. The Bertz CT molecular complexity index is 466. The second-order valence-corrected chi connectivity index (χ2v) is 3.68. The van der Waals surface area contributed by atoms with Crippen LogP contribution in [-0.4, -0.2) is 17.7 Å². The highest BCUT2D eigenvalue weighted by atomic mass is 19.4. The number of halogens is 3. The minimum atomic E-state index is -4.47. The van der Waals surface area contributed by atoms with E-state index in [1.807, 2.05) is 0 Å². The molecule has 0 bridgehead atoms. The van der Waals surface area contributed by atoms with Crippen LogP contribution in [0.5, 0.6) is 0 Å². The predicted molar refractivity (Wildman–Crippen MR) is 62.2 cm³/mol. The summed E-state index contributed by atoms with van der Waals surface area (Å²) in [6.45, 7) is 1.80. The molecular formula is C13H13F3O3. The van der Waals surface area contributed by atoms with Crippen LogP contribution in [0.15, 0.2) is 36.4 Å². The number of hydrogen-bond donors (Lipinski definition) is 1. The number of ether oxygens (including phenoxy) is 1. The van der Waals surface area contributed by atoms with E-state index < -0.39 is 23.8 Å². The first-order chi connectivity index (χ1) is 8.84. The van der Waals surface area contributed by atoms with Gasteiger partial charge in [0.25, 0.3) is 0 Å². The highest BCUT2D eigenvalue weighted by Crippen LogP contribution is 2.30. The molecule has 1 atom stereocenters. The van der Waals surface area contributed by atoms with Gasteiger partial charge in [0.05, 0.1) is 18.3 Å². The second kappa shape index (κ2) is 6.38. The molecule has 3 nitrogen and oxygen atoms in total. The van der Waals surface area contributed by atoms with Gasteiger partial charge in [0.1, 0.15) is 0 Å². The number of aliphatic hydroxyl groups is 1. The Hall–Kier alpha value is -1.82. The Morgan fingerprint density at radius 2 is 2.16 bits per heavy atom. The van der Waals surface area contributed by atoms with Gasteiger partial charge in [-0.2, -0.15) is 13.2 Å². The van der Waals surface area contributed by atoms with E-state index in [2.05, 4.69) is 4.74 Å². The Morgan fingerprint density at radius 1 is 1.47 bits per heavy atom. The quantitative estimate of drug-likeness (QED) is 0.678. The van der Waals surface area contributed by atoms with Crippen molar-refractivity contribution < 1.29 is 27.8 Å². The zero-order chi connectivity index (χ0) is 14.5. The largest absolute Gasteiger partial charge is 0.463 e. The number of carbonyl (C=O) groups is 1. The van der Waals surface area contributed by atoms with Crippen molar-refractivity contribution in [1.29, 1.82) is 0 Å². The molecule has 0 spiro atoms. The zero-order valence-electron chi connectivity index (χ0n) is 10.1. The summed E-state index contributed by atoms with van der Waals surface area (Å²) in [6.07, 6.45) is -3.71. The molecule has 0 saturated heterocycles. The number of benzene rings is 1. The molecule has 1 aromatic carbocycles. The third-order valence-corrected chi connectivity index (χ3v) is 2.26. The number of alkyl halides is 3. The molecule has 1 aromatic rings. The second-order valence-electron chi connectivity index (χ2n) is 3.68. The number of aliphatic hydroxyl groups excluding tert-OH is 1. The van der Waals surface area contributed by atoms with Crippen LogP contribution in [-0.2, 0) is 15.7 Å². The molecule has 1 unspecified atom stereocenters. The van der Waals surface area contributed by atoms with E-state index in [0.29, 0.717) is 0 Å². The average Bonchev–Trinajstić information content (AvgIpc) is 2.35. The topological polar surface area (TPSA) is 46.5 Å². The van der Waals surface area contributed by atoms with E-state index in [0.717, 1.165) is 24.3 Å². The van der Waals surface area contributed by atoms with Crippen molar-refractivity contribution in [3.05, 3.63) is 47.5 Å². The Kier molecular flexibility index (Phi) is 5.11. The molecular weight excluding hydrogens is 261 g/mol. The van der Waals surface area contributed by atoms with Gasteiger partial charge in [-0.25, -0.2) is 4.79 Å². The third-order valence-electron chi connectivity index (χ3n) is 2.26. The van der Waals surface area contributed by atoms with E-state index >= 15 is 0 Å². The number of carbonyl (C=O) groups excluding carboxylic acids is 1. The van der Waals surface area contributed by atoms with E-state index in [1.165, 1.54) is 12.1 Å². The summed E-state index contributed by atoms with van der Waals surface area (Å²) in [6, 6.07) is 4.28. The highest BCUT2D eigenvalue weighted by molar-refractivity contribution is 5.81. The monoisotopic (exact) mass is 274 g/mol. The lowest BCUT2D eigenvalue weighted by Gasteiger charge is -2.10.